The Balaban J connectivity index is 1.42. The van der Waals surface area contributed by atoms with Crippen LogP contribution in [0.5, 0.6) is 0 Å². The van der Waals surface area contributed by atoms with Gasteiger partial charge < -0.3 is 9.80 Å². The maximum absolute atomic E-state index is 13.0. The molecule has 2 saturated heterocycles. The van der Waals surface area contributed by atoms with Crippen LogP contribution in [0, 0.1) is 11.8 Å². The molecule has 3 amide bonds. The van der Waals surface area contributed by atoms with Gasteiger partial charge in [0.25, 0.3) is 0 Å². The van der Waals surface area contributed by atoms with E-state index in [0.717, 1.165) is 44.3 Å². The first-order valence-corrected chi connectivity index (χ1v) is 10.4. The van der Waals surface area contributed by atoms with Gasteiger partial charge in [-0.15, -0.1) is 0 Å². The van der Waals surface area contributed by atoms with Gasteiger partial charge in [0.05, 0.1) is 17.9 Å². The monoisotopic (exact) mass is 383 g/mol. The second-order valence-electron chi connectivity index (χ2n) is 8.35. The van der Waals surface area contributed by atoms with Crippen molar-refractivity contribution in [3.05, 3.63) is 35.9 Å². The zero-order valence-electron chi connectivity index (χ0n) is 16.5. The smallest absolute Gasteiger partial charge is 0.233 e. The highest BCUT2D eigenvalue weighted by Crippen LogP contribution is 2.38. The van der Waals surface area contributed by atoms with Crippen molar-refractivity contribution in [1.82, 2.24) is 14.7 Å². The summed E-state index contributed by atoms with van der Waals surface area (Å²) in [6, 6.07) is 10.1. The number of likely N-dealkylation sites (N-methyl/N-ethyl adjacent to an activating group) is 1. The van der Waals surface area contributed by atoms with E-state index < -0.39 is 0 Å². The van der Waals surface area contributed by atoms with E-state index in [0.29, 0.717) is 6.54 Å². The maximum Gasteiger partial charge on any atom is 0.233 e. The van der Waals surface area contributed by atoms with Crippen LogP contribution in [0.1, 0.15) is 43.7 Å². The van der Waals surface area contributed by atoms with E-state index in [1.54, 1.807) is 0 Å². The lowest BCUT2D eigenvalue weighted by atomic mass is 9.81. The minimum Gasteiger partial charge on any atom is -0.333 e. The number of amides is 3. The SMILES string of the molecule is CN1CCN(C(=O)CCN2C(=O)C3CCCCC3C2=O)C(c2ccccc2)C1. The first kappa shape index (κ1) is 19.1. The summed E-state index contributed by atoms with van der Waals surface area (Å²) < 4.78 is 0. The molecule has 150 valence electrons. The maximum atomic E-state index is 13.0. The number of benzene rings is 1. The van der Waals surface area contributed by atoms with Gasteiger partial charge in [0.2, 0.25) is 17.7 Å². The minimum atomic E-state index is -0.142. The van der Waals surface area contributed by atoms with Crippen LogP contribution in [-0.2, 0) is 14.4 Å². The molecule has 0 bridgehead atoms. The third kappa shape index (κ3) is 3.58. The normalized spacial score (nSPS) is 28.5. The average molecular weight is 383 g/mol. The molecule has 3 unspecified atom stereocenters. The largest absolute Gasteiger partial charge is 0.333 e. The third-order valence-electron chi connectivity index (χ3n) is 6.57. The van der Waals surface area contributed by atoms with Crippen molar-refractivity contribution < 1.29 is 14.4 Å². The molecule has 1 aromatic carbocycles. The highest BCUT2D eigenvalue weighted by Gasteiger charge is 2.48. The molecule has 0 radical (unpaired) electrons. The highest BCUT2D eigenvalue weighted by atomic mass is 16.2. The molecule has 2 aliphatic heterocycles. The standard InChI is InChI=1S/C22H29N3O3/c1-23-13-14-24(19(15-23)16-7-3-2-4-8-16)20(26)11-12-25-21(27)17-9-5-6-10-18(17)22(25)28/h2-4,7-8,17-19H,5-6,9-15H2,1H3. The number of likely N-dealkylation sites (tertiary alicyclic amines) is 1. The highest BCUT2D eigenvalue weighted by molar-refractivity contribution is 6.05. The summed E-state index contributed by atoms with van der Waals surface area (Å²) in [7, 11) is 2.07. The van der Waals surface area contributed by atoms with Crippen LogP contribution in [0.15, 0.2) is 30.3 Å². The molecule has 28 heavy (non-hydrogen) atoms. The number of carbonyl (C=O) groups is 3. The zero-order chi connectivity index (χ0) is 19.7. The van der Waals surface area contributed by atoms with Crippen molar-refractivity contribution in [2.75, 3.05) is 33.2 Å². The molecular weight excluding hydrogens is 354 g/mol. The summed E-state index contributed by atoms with van der Waals surface area (Å²) in [6.45, 7) is 2.52. The van der Waals surface area contributed by atoms with E-state index in [1.165, 1.54) is 4.90 Å². The Morgan fingerprint density at radius 1 is 1.00 bits per heavy atom. The Bertz CT molecular complexity index is 727. The van der Waals surface area contributed by atoms with Gasteiger partial charge in [0.1, 0.15) is 0 Å². The van der Waals surface area contributed by atoms with Gasteiger partial charge in [-0.3, -0.25) is 19.3 Å². The number of piperazine rings is 1. The third-order valence-corrected chi connectivity index (χ3v) is 6.57. The van der Waals surface area contributed by atoms with Crippen LogP contribution in [-0.4, -0.2) is 65.6 Å². The lowest BCUT2D eigenvalue weighted by molar-refractivity contribution is -0.141. The van der Waals surface area contributed by atoms with Crippen LogP contribution >= 0.6 is 0 Å². The zero-order valence-corrected chi connectivity index (χ0v) is 16.5. The second-order valence-corrected chi connectivity index (χ2v) is 8.35. The number of nitrogens with zero attached hydrogens (tertiary/aromatic N) is 3. The molecule has 6 nitrogen and oxygen atoms in total. The van der Waals surface area contributed by atoms with Gasteiger partial charge in [-0.1, -0.05) is 43.2 Å². The summed E-state index contributed by atoms with van der Waals surface area (Å²) >= 11 is 0. The fourth-order valence-electron chi connectivity index (χ4n) is 4.98. The van der Waals surface area contributed by atoms with Crippen molar-refractivity contribution in [3.63, 3.8) is 0 Å². The lowest BCUT2D eigenvalue weighted by Crippen LogP contribution is -2.50. The molecule has 1 aliphatic carbocycles. The molecule has 4 rings (SSSR count). The van der Waals surface area contributed by atoms with E-state index in [9.17, 15) is 14.4 Å². The molecular formula is C22H29N3O3. The van der Waals surface area contributed by atoms with Crippen LogP contribution in [0.4, 0.5) is 0 Å². The number of hydrogen-bond acceptors (Lipinski definition) is 4. The summed E-state index contributed by atoms with van der Waals surface area (Å²) in [5, 5.41) is 0. The van der Waals surface area contributed by atoms with E-state index in [4.69, 9.17) is 0 Å². The molecule has 3 atom stereocenters. The predicted octanol–water partition coefficient (Wildman–Crippen LogP) is 2.07. The number of imide groups is 1. The molecule has 6 heteroatoms. The summed E-state index contributed by atoms with van der Waals surface area (Å²) in [5.41, 5.74) is 1.13. The van der Waals surface area contributed by atoms with Crippen molar-refractivity contribution in [2.45, 2.75) is 38.1 Å². The van der Waals surface area contributed by atoms with Crippen LogP contribution in [0.3, 0.4) is 0 Å². The summed E-state index contributed by atoms with van der Waals surface area (Å²) in [6.07, 6.45) is 3.88. The van der Waals surface area contributed by atoms with Gasteiger partial charge in [-0.05, 0) is 25.5 Å². The number of fused-ring (bicyclic) bond motifs is 1. The molecule has 1 saturated carbocycles. The minimum absolute atomic E-state index is 0.0139. The molecule has 3 fully saturated rings. The lowest BCUT2D eigenvalue weighted by Gasteiger charge is -2.40. The van der Waals surface area contributed by atoms with Crippen LogP contribution < -0.4 is 0 Å². The van der Waals surface area contributed by atoms with E-state index in [2.05, 4.69) is 24.1 Å². The molecule has 0 N–H and O–H groups in total. The first-order chi connectivity index (χ1) is 13.6. The van der Waals surface area contributed by atoms with Crippen LogP contribution in [0.2, 0.25) is 0 Å². The Morgan fingerprint density at radius 2 is 1.64 bits per heavy atom. The van der Waals surface area contributed by atoms with Crippen molar-refractivity contribution in [3.8, 4) is 0 Å². The number of carbonyl (C=O) groups excluding carboxylic acids is 3. The average Bonchev–Trinajstić information content (AvgIpc) is 2.97. The molecule has 3 aliphatic rings. The molecule has 0 spiro atoms. The van der Waals surface area contributed by atoms with Gasteiger partial charge in [-0.2, -0.15) is 0 Å². The summed E-state index contributed by atoms with van der Waals surface area (Å²) in [4.78, 5) is 43.8. The van der Waals surface area contributed by atoms with Crippen LogP contribution in [0.25, 0.3) is 0 Å². The van der Waals surface area contributed by atoms with Gasteiger partial charge in [0.15, 0.2) is 0 Å². The fourth-order valence-corrected chi connectivity index (χ4v) is 4.98. The number of hydrogen-bond donors (Lipinski definition) is 0. The van der Waals surface area contributed by atoms with Crippen molar-refractivity contribution in [1.29, 1.82) is 0 Å². The Labute approximate surface area is 166 Å². The van der Waals surface area contributed by atoms with E-state index in [-0.39, 0.29) is 48.6 Å². The first-order valence-electron chi connectivity index (χ1n) is 10.4. The fraction of sp³-hybridized carbons (Fsp3) is 0.591. The number of rotatable bonds is 4. The van der Waals surface area contributed by atoms with Gasteiger partial charge in [-0.25, -0.2) is 0 Å². The van der Waals surface area contributed by atoms with Gasteiger partial charge >= 0.3 is 0 Å². The Hall–Kier alpha value is -2.21. The van der Waals surface area contributed by atoms with Crippen molar-refractivity contribution in [2.24, 2.45) is 11.8 Å². The topological polar surface area (TPSA) is 60.9 Å². The van der Waals surface area contributed by atoms with Crippen molar-refractivity contribution >= 4 is 17.7 Å². The van der Waals surface area contributed by atoms with E-state index >= 15 is 0 Å². The predicted molar refractivity (Wildman–Crippen MR) is 105 cm³/mol. The Morgan fingerprint density at radius 3 is 2.29 bits per heavy atom. The van der Waals surface area contributed by atoms with Gasteiger partial charge in [0, 0.05) is 32.6 Å². The van der Waals surface area contributed by atoms with E-state index in [1.807, 2.05) is 23.1 Å². The Kier molecular flexibility index (Phi) is 5.49. The second kappa shape index (κ2) is 8.03. The molecule has 0 aromatic heterocycles. The quantitative estimate of drug-likeness (QED) is 0.747. The molecule has 1 aromatic rings. The summed E-state index contributed by atoms with van der Waals surface area (Å²) in [5.74, 6) is -0.368. The molecule has 2 heterocycles.